The summed E-state index contributed by atoms with van der Waals surface area (Å²) in [6.07, 6.45) is -0.0915. The molecule has 36 heavy (non-hydrogen) atoms. The number of rotatable bonds is 2. The first kappa shape index (κ1) is 22.1. The fraction of sp³-hybridized carbons (Fsp3) is 0.222. The number of fused-ring (bicyclic) bond motifs is 4. The highest BCUT2D eigenvalue weighted by atomic mass is 16.3. The number of aliphatic hydroxyl groups excluding tert-OH is 2. The van der Waals surface area contributed by atoms with Gasteiger partial charge in [-0.3, -0.25) is 14.4 Å². The summed E-state index contributed by atoms with van der Waals surface area (Å²) in [5.41, 5.74) is 3.51. The second-order valence-electron chi connectivity index (χ2n) is 9.54. The van der Waals surface area contributed by atoms with Gasteiger partial charge in [-0.05, 0) is 48.6 Å². The minimum atomic E-state index is -2.58. The molecule has 6 N–H and O–H groups in total. The summed E-state index contributed by atoms with van der Waals surface area (Å²) in [5.74, 6) is -6.04. The number of phenols is 1. The van der Waals surface area contributed by atoms with Gasteiger partial charge in [-0.2, -0.15) is 0 Å². The van der Waals surface area contributed by atoms with Crippen molar-refractivity contribution in [2.45, 2.75) is 24.9 Å². The number of furan rings is 1. The average molecular weight is 487 g/mol. The molecule has 1 fully saturated rings. The molecular weight excluding hydrogens is 466 g/mol. The lowest BCUT2D eigenvalue weighted by Crippen LogP contribution is -2.58. The van der Waals surface area contributed by atoms with Crippen LogP contribution in [-0.4, -0.2) is 43.5 Å². The predicted octanol–water partition coefficient (Wildman–Crippen LogP) is 2.84. The van der Waals surface area contributed by atoms with Crippen molar-refractivity contribution >= 4 is 34.2 Å². The minimum Gasteiger partial charge on any atom is -0.508 e. The number of nitrogens with two attached hydrogens (primary N) is 1. The van der Waals surface area contributed by atoms with Crippen molar-refractivity contribution in [2.24, 2.45) is 17.6 Å². The highest BCUT2D eigenvalue weighted by Crippen LogP contribution is 2.53. The Kier molecular flexibility index (Phi) is 4.49. The van der Waals surface area contributed by atoms with Gasteiger partial charge in [0.1, 0.15) is 34.2 Å². The number of amides is 1. The van der Waals surface area contributed by atoms with Gasteiger partial charge in [0.05, 0.1) is 5.56 Å². The Morgan fingerprint density at radius 2 is 1.81 bits per heavy atom. The molecule has 0 saturated heterocycles. The molecule has 3 atom stereocenters. The zero-order chi connectivity index (χ0) is 25.5. The number of benzene rings is 2. The van der Waals surface area contributed by atoms with E-state index in [2.05, 4.69) is 0 Å². The summed E-state index contributed by atoms with van der Waals surface area (Å²) in [6.45, 7) is 0. The third kappa shape index (κ3) is 2.77. The molecule has 3 aliphatic carbocycles. The normalized spacial score (nSPS) is 25.6. The molecule has 1 heterocycles. The van der Waals surface area contributed by atoms with Gasteiger partial charge < -0.3 is 30.6 Å². The Bertz CT molecular complexity index is 1560. The highest BCUT2D eigenvalue weighted by Gasteiger charge is 2.60. The largest absolute Gasteiger partial charge is 0.508 e. The van der Waals surface area contributed by atoms with E-state index < -0.39 is 52.0 Å². The third-order valence-electron chi connectivity index (χ3n) is 7.64. The Morgan fingerprint density at radius 1 is 1.06 bits per heavy atom. The Morgan fingerprint density at radius 3 is 2.53 bits per heavy atom. The van der Waals surface area contributed by atoms with Crippen LogP contribution in [0.15, 0.2) is 63.8 Å². The fourth-order valence-corrected chi connectivity index (χ4v) is 5.97. The van der Waals surface area contributed by atoms with E-state index in [-0.39, 0.29) is 36.1 Å². The van der Waals surface area contributed by atoms with E-state index in [0.29, 0.717) is 22.5 Å². The molecule has 1 saturated carbocycles. The lowest BCUT2D eigenvalue weighted by Gasteiger charge is -2.46. The van der Waals surface area contributed by atoms with E-state index in [0.717, 1.165) is 5.39 Å². The lowest BCUT2D eigenvalue weighted by atomic mass is 9.59. The molecular formula is C27H21NO8. The van der Waals surface area contributed by atoms with Gasteiger partial charge in [0, 0.05) is 28.9 Å². The Balaban J connectivity index is 1.54. The van der Waals surface area contributed by atoms with Crippen LogP contribution in [0.4, 0.5) is 0 Å². The van der Waals surface area contributed by atoms with Crippen LogP contribution in [0, 0.1) is 11.8 Å². The molecule has 0 radical (unpaired) electrons. The summed E-state index contributed by atoms with van der Waals surface area (Å²) in [5, 5.41) is 44.7. The number of primary amides is 1. The fourth-order valence-electron chi connectivity index (χ4n) is 5.97. The standard InChI is InChI=1S/C27H21NO8/c28-26(34)22-17(30)10-13-7-12-8-15-14(19-9-11-3-1-2-4-18(11)36-19)5-6-16(29)21(15)23(31)20(12)24(32)27(13,35)25(22)33/h1-6,9,12-13,29,31,33,35H,7-8,10H2,(H2,28,34)/t12-,13+,27+/m1/s1. The van der Waals surface area contributed by atoms with Crippen LogP contribution in [-0.2, 0) is 20.8 Å². The molecule has 6 rings (SSSR count). The number of aromatic hydroxyl groups is 1. The van der Waals surface area contributed by atoms with Gasteiger partial charge in [0.15, 0.2) is 11.4 Å². The van der Waals surface area contributed by atoms with Crippen molar-refractivity contribution < 1.29 is 39.2 Å². The first-order valence-electron chi connectivity index (χ1n) is 11.4. The van der Waals surface area contributed by atoms with Crippen LogP contribution in [0.25, 0.3) is 28.1 Å². The van der Waals surface area contributed by atoms with Crippen LogP contribution < -0.4 is 5.73 Å². The van der Waals surface area contributed by atoms with Gasteiger partial charge >= 0.3 is 0 Å². The number of carbonyl (C=O) groups excluding carboxylic acids is 3. The number of carbonyl (C=O) groups is 3. The van der Waals surface area contributed by atoms with E-state index in [1.54, 1.807) is 6.07 Å². The highest BCUT2D eigenvalue weighted by molar-refractivity contribution is 6.22. The SMILES string of the molecule is NC(=O)C1=C(O)[C@@]2(O)C(=O)C3=C(O)c4c(O)ccc(-c5cc6ccccc6o5)c4C[C@H]3C[C@H]2CC1=O. The van der Waals surface area contributed by atoms with Gasteiger partial charge in [0.2, 0.25) is 5.78 Å². The van der Waals surface area contributed by atoms with Crippen LogP contribution in [0.2, 0.25) is 0 Å². The van der Waals surface area contributed by atoms with Crippen molar-refractivity contribution in [3.8, 4) is 17.1 Å². The van der Waals surface area contributed by atoms with Gasteiger partial charge in [-0.1, -0.05) is 18.2 Å². The zero-order valence-electron chi connectivity index (χ0n) is 18.8. The molecule has 9 heteroatoms. The summed E-state index contributed by atoms with van der Waals surface area (Å²) < 4.78 is 6.00. The number of hydrogen-bond donors (Lipinski definition) is 5. The van der Waals surface area contributed by atoms with Crippen molar-refractivity contribution in [1.29, 1.82) is 0 Å². The first-order chi connectivity index (χ1) is 17.1. The zero-order valence-corrected chi connectivity index (χ0v) is 18.8. The maximum Gasteiger partial charge on any atom is 0.255 e. The Hall–Kier alpha value is -4.37. The van der Waals surface area contributed by atoms with Crippen molar-refractivity contribution in [3.05, 3.63) is 70.5 Å². The van der Waals surface area contributed by atoms with Crippen molar-refractivity contribution in [3.63, 3.8) is 0 Å². The second kappa shape index (κ2) is 7.32. The topological polar surface area (TPSA) is 171 Å². The number of phenolic OH excluding ortho intramolecular Hbond substituents is 1. The average Bonchev–Trinajstić information content (AvgIpc) is 3.25. The van der Waals surface area contributed by atoms with E-state index in [4.69, 9.17) is 10.2 Å². The molecule has 1 amide bonds. The van der Waals surface area contributed by atoms with E-state index >= 15 is 0 Å². The molecule has 1 aromatic heterocycles. The predicted molar refractivity (Wildman–Crippen MR) is 127 cm³/mol. The molecule has 0 bridgehead atoms. The van der Waals surface area contributed by atoms with E-state index in [1.165, 1.54) is 6.07 Å². The van der Waals surface area contributed by atoms with Crippen molar-refractivity contribution in [2.75, 3.05) is 0 Å². The van der Waals surface area contributed by atoms with Crippen LogP contribution in [0.3, 0.4) is 0 Å². The monoisotopic (exact) mass is 487 g/mol. The number of ketones is 2. The number of para-hydroxylation sites is 1. The third-order valence-corrected chi connectivity index (χ3v) is 7.64. The minimum absolute atomic E-state index is 0.0279. The molecule has 182 valence electrons. The first-order valence-corrected chi connectivity index (χ1v) is 11.4. The number of Topliss-reactive ketones (excluding diaryl/α,β-unsaturated/α-hetero) is 2. The van der Waals surface area contributed by atoms with Crippen LogP contribution in [0.1, 0.15) is 24.0 Å². The lowest BCUT2D eigenvalue weighted by molar-refractivity contribution is -0.147. The molecule has 0 unspecified atom stereocenters. The maximum absolute atomic E-state index is 13.6. The molecule has 0 aliphatic heterocycles. The number of aliphatic hydroxyl groups is 3. The van der Waals surface area contributed by atoms with Crippen LogP contribution in [0.5, 0.6) is 5.75 Å². The summed E-state index contributed by atoms with van der Waals surface area (Å²) >= 11 is 0. The molecule has 0 spiro atoms. The summed E-state index contributed by atoms with van der Waals surface area (Å²) in [4.78, 5) is 37.8. The molecule has 3 aromatic rings. The van der Waals surface area contributed by atoms with E-state index in [1.807, 2.05) is 30.3 Å². The smallest absolute Gasteiger partial charge is 0.255 e. The van der Waals surface area contributed by atoms with E-state index in [9.17, 15) is 34.8 Å². The van der Waals surface area contributed by atoms with Gasteiger partial charge in [-0.25, -0.2) is 0 Å². The summed E-state index contributed by atoms with van der Waals surface area (Å²) in [7, 11) is 0. The Labute approximate surface area is 203 Å². The second-order valence-corrected chi connectivity index (χ2v) is 9.54. The maximum atomic E-state index is 13.6. The van der Waals surface area contributed by atoms with Gasteiger partial charge in [0.25, 0.3) is 5.91 Å². The number of hydrogen-bond acceptors (Lipinski definition) is 8. The molecule has 3 aliphatic rings. The van der Waals surface area contributed by atoms with Gasteiger partial charge in [-0.15, -0.1) is 0 Å². The van der Waals surface area contributed by atoms with Crippen LogP contribution >= 0.6 is 0 Å². The molecule has 2 aromatic carbocycles. The quantitative estimate of drug-likeness (QED) is 0.343. The summed E-state index contributed by atoms with van der Waals surface area (Å²) in [6, 6.07) is 12.3. The van der Waals surface area contributed by atoms with Crippen molar-refractivity contribution in [1.82, 2.24) is 0 Å². The molecule has 9 nitrogen and oxygen atoms in total.